The van der Waals surface area contributed by atoms with Crippen LogP contribution in [0.25, 0.3) is 0 Å². The minimum Gasteiger partial charge on any atom is -0.530 e. The Morgan fingerprint density at radius 3 is 2.06 bits per heavy atom. The van der Waals surface area contributed by atoms with Crippen molar-refractivity contribution in [3.63, 3.8) is 0 Å². The Morgan fingerprint density at radius 2 is 1.50 bits per heavy atom. The van der Waals surface area contributed by atoms with Gasteiger partial charge >= 0.3 is 5.97 Å². The molecular weight excluding hydrogens is 472 g/mol. The molecular formula is C28H36N2O5Si. The van der Waals surface area contributed by atoms with Gasteiger partial charge in [0.15, 0.2) is 0 Å². The van der Waals surface area contributed by atoms with Crippen molar-refractivity contribution in [2.45, 2.75) is 63.8 Å². The number of fused-ring (bicyclic) bond motifs is 1. The van der Waals surface area contributed by atoms with E-state index in [0.717, 1.165) is 16.9 Å². The van der Waals surface area contributed by atoms with Crippen LogP contribution < -0.4 is 4.74 Å². The summed E-state index contributed by atoms with van der Waals surface area (Å²) < 4.78 is 17.3. The van der Waals surface area contributed by atoms with Gasteiger partial charge in [-0.15, -0.1) is 0 Å². The van der Waals surface area contributed by atoms with E-state index in [1.807, 2.05) is 54.6 Å². The molecule has 0 saturated carbocycles. The van der Waals surface area contributed by atoms with Crippen LogP contribution in [0.1, 0.15) is 56.8 Å². The summed E-state index contributed by atoms with van der Waals surface area (Å²) in [6.45, 7) is 10.6. The number of ether oxygens (including phenoxy) is 2. The van der Waals surface area contributed by atoms with Crippen LogP contribution in [0.15, 0.2) is 66.1 Å². The fourth-order valence-electron chi connectivity index (χ4n) is 4.53. The summed E-state index contributed by atoms with van der Waals surface area (Å²) in [5.41, 5.74) is 2.41. The molecule has 0 aromatic heterocycles. The summed E-state index contributed by atoms with van der Waals surface area (Å²) in [5, 5.41) is 3.58. The molecule has 36 heavy (non-hydrogen) atoms. The van der Waals surface area contributed by atoms with E-state index >= 15 is 0 Å². The number of carbonyl (C=O) groups excluding carboxylic acids is 2. The second-order valence-corrected chi connectivity index (χ2v) is 15.6. The minimum atomic E-state index is -2.40. The molecule has 0 bridgehead atoms. The molecule has 2 aliphatic rings. The quantitative estimate of drug-likeness (QED) is 0.366. The van der Waals surface area contributed by atoms with Gasteiger partial charge in [-0.05, 0) is 41.4 Å². The van der Waals surface area contributed by atoms with Crippen molar-refractivity contribution in [2.24, 2.45) is 0 Å². The van der Waals surface area contributed by atoms with Crippen LogP contribution in [0.4, 0.5) is 0 Å². The van der Waals surface area contributed by atoms with Gasteiger partial charge in [0, 0.05) is 6.42 Å². The van der Waals surface area contributed by atoms with E-state index in [2.05, 4.69) is 38.9 Å². The summed E-state index contributed by atoms with van der Waals surface area (Å²) in [6, 6.07) is 17.3. The second-order valence-electron chi connectivity index (χ2n) is 10.8. The molecule has 1 saturated heterocycles. The summed E-state index contributed by atoms with van der Waals surface area (Å²) in [6.07, 6.45) is 0.644. The third kappa shape index (κ3) is 4.67. The maximum absolute atomic E-state index is 13.7. The van der Waals surface area contributed by atoms with Crippen LogP contribution in [0.2, 0.25) is 18.1 Å². The van der Waals surface area contributed by atoms with Crippen molar-refractivity contribution >= 4 is 20.2 Å². The van der Waals surface area contributed by atoms with E-state index in [0.29, 0.717) is 17.9 Å². The molecule has 8 heteroatoms. The van der Waals surface area contributed by atoms with Gasteiger partial charge in [-0.3, -0.25) is 4.79 Å². The lowest BCUT2D eigenvalue weighted by molar-refractivity contribution is -0.148. The van der Waals surface area contributed by atoms with Crippen molar-refractivity contribution < 1.29 is 23.5 Å². The van der Waals surface area contributed by atoms with E-state index in [1.54, 1.807) is 12.1 Å². The zero-order valence-corrected chi connectivity index (χ0v) is 23.2. The SMILES string of the molecule is COC(=O)C1=C(O[Si](C)(C)C(C)(C)C)N2C(=O)C[C@H](c3ccccc3)N2[C@H](c2ccc(OC)cc2)C1. The molecule has 0 N–H and O–H groups in total. The van der Waals surface area contributed by atoms with E-state index < -0.39 is 14.3 Å². The maximum Gasteiger partial charge on any atom is 0.339 e. The Morgan fingerprint density at radius 1 is 0.917 bits per heavy atom. The van der Waals surface area contributed by atoms with Crippen molar-refractivity contribution in [1.29, 1.82) is 0 Å². The molecule has 0 unspecified atom stereocenters. The first-order valence-corrected chi connectivity index (χ1v) is 15.2. The van der Waals surface area contributed by atoms with Gasteiger partial charge < -0.3 is 13.9 Å². The first-order chi connectivity index (χ1) is 17.0. The van der Waals surface area contributed by atoms with E-state index in [1.165, 1.54) is 7.11 Å². The van der Waals surface area contributed by atoms with Crippen LogP contribution >= 0.6 is 0 Å². The second kappa shape index (κ2) is 9.75. The lowest BCUT2D eigenvalue weighted by atomic mass is 9.94. The summed E-state index contributed by atoms with van der Waals surface area (Å²) >= 11 is 0. The number of rotatable bonds is 6. The summed E-state index contributed by atoms with van der Waals surface area (Å²) in [4.78, 5) is 26.8. The monoisotopic (exact) mass is 508 g/mol. The highest BCUT2D eigenvalue weighted by molar-refractivity contribution is 6.74. The number of carbonyl (C=O) groups is 2. The molecule has 1 amide bonds. The van der Waals surface area contributed by atoms with Crippen LogP contribution in [-0.4, -0.2) is 44.4 Å². The number of esters is 1. The predicted octanol–water partition coefficient (Wildman–Crippen LogP) is 5.74. The highest BCUT2D eigenvalue weighted by atomic mass is 28.4. The Kier molecular flexibility index (Phi) is 7.03. The maximum atomic E-state index is 13.7. The van der Waals surface area contributed by atoms with Gasteiger partial charge in [-0.25, -0.2) is 9.80 Å². The molecule has 4 rings (SSSR count). The molecule has 2 aromatic rings. The topological polar surface area (TPSA) is 68.3 Å². The van der Waals surface area contributed by atoms with Crippen LogP contribution in [0.5, 0.6) is 5.75 Å². The molecule has 2 aliphatic heterocycles. The minimum absolute atomic E-state index is 0.0998. The van der Waals surface area contributed by atoms with Crippen molar-refractivity contribution in [2.75, 3.05) is 14.2 Å². The number of hydrazine groups is 1. The molecule has 7 nitrogen and oxygen atoms in total. The molecule has 0 aliphatic carbocycles. The number of amides is 1. The third-order valence-corrected chi connectivity index (χ3v) is 11.9. The Bertz CT molecular complexity index is 1150. The number of nitrogens with zero attached hydrogens (tertiary/aromatic N) is 2. The average Bonchev–Trinajstić information content (AvgIpc) is 3.21. The Hall–Kier alpha value is -3.10. The largest absolute Gasteiger partial charge is 0.530 e. The van der Waals surface area contributed by atoms with Gasteiger partial charge in [0.25, 0.3) is 8.32 Å². The number of methoxy groups -OCH3 is 2. The molecule has 1 fully saturated rings. The van der Waals surface area contributed by atoms with E-state index in [-0.39, 0.29) is 29.4 Å². The highest BCUT2D eigenvalue weighted by Crippen LogP contribution is 2.50. The smallest absolute Gasteiger partial charge is 0.339 e. The zero-order chi connectivity index (χ0) is 26.3. The van der Waals surface area contributed by atoms with Crippen molar-refractivity contribution in [3.8, 4) is 5.75 Å². The van der Waals surface area contributed by atoms with Crippen molar-refractivity contribution in [3.05, 3.63) is 77.2 Å². The fourth-order valence-corrected chi connectivity index (χ4v) is 5.53. The first kappa shape index (κ1) is 26.0. The van der Waals surface area contributed by atoms with Crippen LogP contribution in [0, 0.1) is 0 Å². The molecule has 0 spiro atoms. The van der Waals surface area contributed by atoms with Gasteiger partial charge in [-0.2, -0.15) is 5.01 Å². The normalized spacial score (nSPS) is 20.9. The number of hydrogen-bond donors (Lipinski definition) is 0. The molecule has 2 aromatic carbocycles. The fraction of sp³-hybridized carbons (Fsp3) is 0.429. The predicted molar refractivity (Wildman–Crippen MR) is 140 cm³/mol. The molecule has 192 valence electrons. The van der Waals surface area contributed by atoms with Crippen molar-refractivity contribution in [1.82, 2.24) is 10.0 Å². The van der Waals surface area contributed by atoms with E-state index in [9.17, 15) is 9.59 Å². The van der Waals surface area contributed by atoms with Gasteiger partial charge in [0.05, 0.1) is 38.3 Å². The van der Waals surface area contributed by atoms with E-state index in [4.69, 9.17) is 13.9 Å². The average molecular weight is 509 g/mol. The molecule has 0 radical (unpaired) electrons. The summed E-state index contributed by atoms with van der Waals surface area (Å²) in [5.74, 6) is 0.492. The Labute approximate surface area is 214 Å². The zero-order valence-electron chi connectivity index (χ0n) is 22.2. The molecule has 2 atom stereocenters. The van der Waals surface area contributed by atoms with Gasteiger partial charge in [-0.1, -0.05) is 63.2 Å². The van der Waals surface area contributed by atoms with Gasteiger partial charge in [0.2, 0.25) is 11.8 Å². The number of hydrogen-bond acceptors (Lipinski definition) is 6. The summed E-state index contributed by atoms with van der Waals surface area (Å²) in [7, 11) is 0.597. The standard InChI is InChI=1S/C28H36N2O5Si/c1-28(2,3)36(6,7)35-26-22(27(32)34-5)17-23(20-13-15-21(33-4)16-14-20)29-24(18-25(31)30(26)29)19-11-9-8-10-12-19/h8-16,23-24H,17-18H2,1-7H3/t23-,24+/m0/s1. The lowest BCUT2D eigenvalue weighted by Crippen LogP contribution is -2.51. The lowest BCUT2D eigenvalue weighted by Gasteiger charge is -2.47. The van der Waals surface area contributed by atoms with Crippen LogP contribution in [0.3, 0.4) is 0 Å². The molecule has 2 heterocycles. The van der Waals surface area contributed by atoms with Crippen LogP contribution in [-0.2, 0) is 18.8 Å². The number of benzene rings is 2. The highest BCUT2D eigenvalue weighted by Gasteiger charge is 2.52. The Balaban J connectivity index is 1.90. The first-order valence-electron chi connectivity index (χ1n) is 12.3. The van der Waals surface area contributed by atoms with Gasteiger partial charge in [0.1, 0.15) is 5.75 Å². The third-order valence-electron chi connectivity index (χ3n) is 7.60.